The molecule has 1 rings (SSSR count). The van der Waals surface area contributed by atoms with Crippen molar-refractivity contribution in [2.45, 2.75) is 27.2 Å². The highest BCUT2D eigenvalue weighted by atomic mass is 32.2. The summed E-state index contributed by atoms with van der Waals surface area (Å²) in [6.07, 6.45) is 0.684. The van der Waals surface area contributed by atoms with E-state index in [9.17, 15) is 14.4 Å². The number of nitrogens with zero attached hydrogens (tertiary/aromatic N) is 1. The van der Waals surface area contributed by atoms with E-state index in [1.807, 2.05) is 6.92 Å². The van der Waals surface area contributed by atoms with Crippen molar-refractivity contribution in [3.63, 3.8) is 0 Å². The molecule has 1 aliphatic heterocycles. The number of hydrogen-bond donors (Lipinski definition) is 0. The molecule has 0 aromatic heterocycles. The molecule has 0 aromatic rings. The van der Waals surface area contributed by atoms with E-state index >= 15 is 0 Å². The molecule has 6 heteroatoms. The average Bonchev–Trinajstić information content (AvgIpc) is 2.60. The third kappa shape index (κ3) is 3.46. The summed E-state index contributed by atoms with van der Waals surface area (Å²) < 4.78 is 5.06. The Hall–Kier alpha value is -1.04. The molecule has 0 bridgehead atoms. The number of carbonyl (C=O) groups is 3. The lowest BCUT2D eigenvalue weighted by atomic mass is 9.91. The normalized spacial score (nSPS) is 16.5. The molecule has 0 radical (unpaired) electrons. The molecule has 96 valence electrons. The van der Waals surface area contributed by atoms with Crippen molar-refractivity contribution in [3.8, 4) is 0 Å². The van der Waals surface area contributed by atoms with E-state index in [2.05, 4.69) is 0 Å². The first kappa shape index (κ1) is 14.0. The zero-order valence-electron chi connectivity index (χ0n) is 10.3. The van der Waals surface area contributed by atoms with Crippen molar-refractivity contribution >= 4 is 28.9 Å². The van der Waals surface area contributed by atoms with Gasteiger partial charge in [-0.15, -0.1) is 0 Å². The highest BCUT2D eigenvalue weighted by Crippen LogP contribution is 2.22. The number of carbonyl (C=O) groups excluding carboxylic acids is 3. The van der Waals surface area contributed by atoms with Gasteiger partial charge in [-0.05, 0) is 20.3 Å². The van der Waals surface area contributed by atoms with Gasteiger partial charge in [0.05, 0.1) is 17.7 Å². The zero-order valence-corrected chi connectivity index (χ0v) is 11.1. The van der Waals surface area contributed by atoms with Crippen LogP contribution in [0.5, 0.6) is 0 Å². The summed E-state index contributed by atoms with van der Waals surface area (Å²) in [4.78, 5) is 35.2. The van der Waals surface area contributed by atoms with Crippen LogP contribution in [0, 0.1) is 5.41 Å². The van der Waals surface area contributed by atoms with Gasteiger partial charge < -0.3 is 4.74 Å². The Balaban J connectivity index is 2.36. The van der Waals surface area contributed by atoms with Gasteiger partial charge in [0.15, 0.2) is 0 Å². The lowest BCUT2D eigenvalue weighted by Crippen LogP contribution is -2.34. The van der Waals surface area contributed by atoms with E-state index < -0.39 is 5.41 Å². The van der Waals surface area contributed by atoms with Crippen molar-refractivity contribution in [3.05, 3.63) is 0 Å². The molecule has 0 N–H and O–H groups in total. The predicted octanol–water partition coefficient (Wildman–Crippen LogP) is 1.66. The van der Waals surface area contributed by atoms with E-state index in [1.165, 1.54) is 0 Å². The average molecular weight is 259 g/mol. The minimum Gasteiger partial charge on any atom is -0.463 e. The smallest absolute Gasteiger partial charge is 0.311 e. The lowest BCUT2D eigenvalue weighted by molar-refractivity contribution is -0.154. The second kappa shape index (κ2) is 5.53. The maximum atomic E-state index is 11.6. The van der Waals surface area contributed by atoms with E-state index in [0.29, 0.717) is 6.42 Å². The van der Waals surface area contributed by atoms with Crippen LogP contribution in [0.1, 0.15) is 27.2 Å². The van der Waals surface area contributed by atoms with Crippen LogP contribution in [0.15, 0.2) is 0 Å². The standard InChI is InChI=1S/C11H17NO4S/c1-4-11(2,3)9(14)16-6-5-12-8(13)7-17-10(12)15/h4-7H2,1-3H3. The second-order valence-corrected chi connectivity index (χ2v) is 5.40. The number of thioether (sulfide) groups is 1. The maximum absolute atomic E-state index is 11.6. The summed E-state index contributed by atoms with van der Waals surface area (Å²) in [5.41, 5.74) is -0.520. The van der Waals surface area contributed by atoms with Gasteiger partial charge in [-0.3, -0.25) is 19.3 Å². The minimum atomic E-state index is -0.520. The molecule has 1 heterocycles. The topological polar surface area (TPSA) is 63.7 Å². The molecule has 0 atom stereocenters. The summed E-state index contributed by atoms with van der Waals surface area (Å²) in [6.45, 7) is 5.73. The van der Waals surface area contributed by atoms with E-state index in [0.717, 1.165) is 16.7 Å². The number of rotatable bonds is 5. The van der Waals surface area contributed by atoms with Gasteiger partial charge in [0, 0.05) is 0 Å². The molecule has 0 aliphatic carbocycles. The van der Waals surface area contributed by atoms with Gasteiger partial charge in [-0.1, -0.05) is 18.7 Å². The van der Waals surface area contributed by atoms with Crippen molar-refractivity contribution in [1.82, 2.24) is 4.90 Å². The van der Waals surface area contributed by atoms with Gasteiger partial charge in [0.25, 0.3) is 5.24 Å². The van der Waals surface area contributed by atoms with E-state index in [4.69, 9.17) is 4.74 Å². The van der Waals surface area contributed by atoms with Gasteiger partial charge in [0.1, 0.15) is 6.61 Å². The molecule has 0 saturated carbocycles. The first-order valence-electron chi connectivity index (χ1n) is 5.53. The summed E-state index contributed by atoms with van der Waals surface area (Å²) in [6, 6.07) is 0. The number of hydrogen-bond acceptors (Lipinski definition) is 5. The van der Waals surface area contributed by atoms with Crippen molar-refractivity contribution in [2.75, 3.05) is 18.9 Å². The Morgan fingerprint density at radius 2 is 2.12 bits per heavy atom. The van der Waals surface area contributed by atoms with Crippen molar-refractivity contribution < 1.29 is 19.1 Å². The molecule has 1 saturated heterocycles. The monoisotopic (exact) mass is 259 g/mol. The third-order valence-electron chi connectivity index (χ3n) is 2.83. The molecule has 2 amide bonds. The summed E-state index contributed by atoms with van der Waals surface area (Å²) >= 11 is 0.979. The third-order valence-corrected chi connectivity index (χ3v) is 3.68. The molecule has 1 fully saturated rings. The predicted molar refractivity (Wildman–Crippen MR) is 64.6 cm³/mol. The Morgan fingerprint density at radius 1 is 1.47 bits per heavy atom. The van der Waals surface area contributed by atoms with Gasteiger partial charge >= 0.3 is 5.97 Å². The molecule has 5 nitrogen and oxygen atoms in total. The zero-order chi connectivity index (χ0) is 13.1. The van der Waals surface area contributed by atoms with Crippen LogP contribution >= 0.6 is 11.8 Å². The fraction of sp³-hybridized carbons (Fsp3) is 0.727. The van der Waals surface area contributed by atoms with Crippen LogP contribution in [0.2, 0.25) is 0 Å². The first-order chi connectivity index (χ1) is 7.88. The Kier molecular flexibility index (Phi) is 4.56. The first-order valence-corrected chi connectivity index (χ1v) is 6.51. The molecule has 0 aromatic carbocycles. The van der Waals surface area contributed by atoms with Gasteiger partial charge in [-0.2, -0.15) is 0 Å². The largest absolute Gasteiger partial charge is 0.463 e. The van der Waals surface area contributed by atoms with E-state index in [1.54, 1.807) is 13.8 Å². The van der Waals surface area contributed by atoms with Crippen LogP contribution in [0.3, 0.4) is 0 Å². The molecule has 1 aliphatic rings. The Morgan fingerprint density at radius 3 is 2.59 bits per heavy atom. The van der Waals surface area contributed by atoms with Crippen LogP contribution in [-0.4, -0.2) is 40.9 Å². The minimum absolute atomic E-state index is 0.0697. The van der Waals surface area contributed by atoms with Crippen LogP contribution in [0.4, 0.5) is 4.79 Å². The SMILES string of the molecule is CCC(C)(C)C(=O)OCCN1C(=O)CSC1=O. The molecular weight excluding hydrogens is 242 g/mol. The van der Waals surface area contributed by atoms with Crippen molar-refractivity contribution in [2.24, 2.45) is 5.41 Å². The number of ether oxygens (including phenoxy) is 1. The maximum Gasteiger partial charge on any atom is 0.311 e. The molecule has 17 heavy (non-hydrogen) atoms. The summed E-state index contributed by atoms with van der Waals surface area (Å²) in [7, 11) is 0. The highest BCUT2D eigenvalue weighted by molar-refractivity contribution is 8.14. The number of amides is 2. The fourth-order valence-corrected chi connectivity index (χ4v) is 1.92. The van der Waals surface area contributed by atoms with Gasteiger partial charge in [0.2, 0.25) is 5.91 Å². The van der Waals surface area contributed by atoms with Gasteiger partial charge in [-0.25, -0.2) is 0 Å². The van der Waals surface area contributed by atoms with Crippen LogP contribution in [0.25, 0.3) is 0 Å². The summed E-state index contributed by atoms with van der Waals surface area (Å²) in [5.74, 6) is -0.328. The summed E-state index contributed by atoms with van der Waals surface area (Å²) in [5, 5.41) is -0.263. The highest BCUT2D eigenvalue weighted by Gasteiger charge is 2.31. The van der Waals surface area contributed by atoms with Crippen LogP contribution < -0.4 is 0 Å². The molecule has 0 unspecified atom stereocenters. The molecule has 0 spiro atoms. The van der Waals surface area contributed by atoms with Crippen molar-refractivity contribution in [1.29, 1.82) is 0 Å². The fourth-order valence-electron chi connectivity index (χ4n) is 1.17. The lowest BCUT2D eigenvalue weighted by Gasteiger charge is -2.21. The Labute approximate surface area is 105 Å². The number of imide groups is 1. The van der Waals surface area contributed by atoms with E-state index in [-0.39, 0.29) is 36.0 Å². The number of esters is 1. The Bertz CT molecular complexity index is 324. The quantitative estimate of drug-likeness (QED) is 0.703. The molecular formula is C11H17NO4S. The van der Waals surface area contributed by atoms with Crippen LogP contribution in [-0.2, 0) is 14.3 Å². The second-order valence-electron chi connectivity index (χ2n) is 4.47.